The van der Waals surface area contributed by atoms with Gasteiger partial charge in [0.25, 0.3) is 0 Å². The maximum atomic E-state index is 4.97. The number of halogens is 1. The molecule has 0 unspecified atom stereocenters. The average Bonchev–Trinajstić information content (AvgIpc) is 3.09. The van der Waals surface area contributed by atoms with E-state index in [0.717, 1.165) is 47.3 Å². The van der Waals surface area contributed by atoms with Gasteiger partial charge in [-0.15, -0.1) is 12.4 Å². The van der Waals surface area contributed by atoms with Crippen molar-refractivity contribution in [3.8, 4) is 11.3 Å². The largest absolute Gasteiger partial charge is 0.266 e. The Morgan fingerprint density at radius 3 is 2.83 bits per heavy atom. The third-order valence-electron chi connectivity index (χ3n) is 4.85. The Morgan fingerprint density at radius 1 is 1.17 bits per heavy atom. The van der Waals surface area contributed by atoms with E-state index in [1.165, 1.54) is 16.5 Å². The van der Waals surface area contributed by atoms with Gasteiger partial charge in [0.15, 0.2) is 5.65 Å². The minimum absolute atomic E-state index is 0. The molecule has 4 aromatic rings. The summed E-state index contributed by atoms with van der Waals surface area (Å²) in [5.41, 5.74) is 6.91. The summed E-state index contributed by atoms with van der Waals surface area (Å²) in [4.78, 5) is 4.97. The first-order chi connectivity index (χ1) is 11.3. The van der Waals surface area contributed by atoms with Gasteiger partial charge in [0.1, 0.15) is 5.69 Å². The second-order valence-electron chi connectivity index (χ2n) is 6.11. The van der Waals surface area contributed by atoms with Crippen molar-refractivity contribution in [1.29, 1.82) is 0 Å². The number of fused-ring (bicyclic) bond motifs is 4. The quantitative estimate of drug-likeness (QED) is 0.533. The van der Waals surface area contributed by atoms with Crippen LogP contribution in [-0.2, 0) is 26.4 Å². The zero-order valence-electron chi connectivity index (χ0n) is 13.7. The number of pyridine rings is 1. The first-order valence-electron chi connectivity index (χ1n) is 8.07. The molecule has 0 amide bonds. The zero-order valence-corrected chi connectivity index (χ0v) is 14.5. The number of aryl methyl sites for hydroxylation is 4. The predicted molar refractivity (Wildman–Crippen MR) is 97.6 cm³/mol. The van der Waals surface area contributed by atoms with Crippen molar-refractivity contribution in [3.63, 3.8) is 0 Å². The van der Waals surface area contributed by atoms with Gasteiger partial charge in [0.05, 0.1) is 28.2 Å². The van der Waals surface area contributed by atoms with Crippen LogP contribution in [0.25, 0.3) is 33.2 Å². The highest BCUT2D eigenvalue weighted by molar-refractivity contribution is 6.09. The summed E-state index contributed by atoms with van der Waals surface area (Å²) < 4.78 is 3.96. The van der Waals surface area contributed by atoms with Crippen molar-refractivity contribution in [3.05, 3.63) is 41.7 Å². The molecule has 1 aromatic carbocycles. The molecule has 3 aromatic heterocycles. The molecule has 0 fully saturated rings. The third-order valence-corrected chi connectivity index (χ3v) is 4.85. The van der Waals surface area contributed by atoms with Crippen LogP contribution in [0.5, 0.6) is 0 Å². The van der Waals surface area contributed by atoms with E-state index in [1.807, 2.05) is 22.6 Å². The second-order valence-corrected chi connectivity index (χ2v) is 6.11. The van der Waals surface area contributed by atoms with Crippen LogP contribution < -0.4 is 0 Å². The van der Waals surface area contributed by atoms with Gasteiger partial charge in [-0.1, -0.05) is 24.3 Å². The molecule has 0 N–H and O–H groups in total. The van der Waals surface area contributed by atoms with Gasteiger partial charge in [-0.3, -0.25) is 4.68 Å². The van der Waals surface area contributed by atoms with Crippen molar-refractivity contribution in [2.75, 3.05) is 0 Å². The second kappa shape index (κ2) is 5.31. The van der Waals surface area contributed by atoms with Crippen LogP contribution in [0.3, 0.4) is 0 Å². The van der Waals surface area contributed by atoms with Gasteiger partial charge in [-0.2, -0.15) is 10.2 Å². The molecule has 24 heavy (non-hydrogen) atoms. The fraction of sp³-hybridized carbons (Fsp3) is 0.278. The van der Waals surface area contributed by atoms with Crippen molar-refractivity contribution in [1.82, 2.24) is 24.5 Å². The van der Waals surface area contributed by atoms with E-state index >= 15 is 0 Å². The van der Waals surface area contributed by atoms with E-state index in [-0.39, 0.29) is 12.4 Å². The zero-order chi connectivity index (χ0) is 15.6. The van der Waals surface area contributed by atoms with Crippen molar-refractivity contribution < 1.29 is 0 Å². The van der Waals surface area contributed by atoms with Gasteiger partial charge < -0.3 is 0 Å². The maximum Gasteiger partial charge on any atom is 0.160 e. The summed E-state index contributed by atoms with van der Waals surface area (Å²) in [6.45, 7) is 2.92. The van der Waals surface area contributed by atoms with Crippen LogP contribution >= 0.6 is 12.4 Å². The Kier molecular flexibility index (Phi) is 3.35. The maximum absolute atomic E-state index is 4.97. The minimum atomic E-state index is 0. The van der Waals surface area contributed by atoms with E-state index in [2.05, 4.69) is 36.3 Å². The monoisotopic (exact) mass is 339 g/mol. The fourth-order valence-corrected chi connectivity index (χ4v) is 3.78. The number of nitrogens with zero attached hydrogens (tertiary/aromatic N) is 5. The van der Waals surface area contributed by atoms with E-state index in [4.69, 9.17) is 10.1 Å². The summed E-state index contributed by atoms with van der Waals surface area (Å²) in [6.07, 6.45) is 3.87. The van der Waals surface area contributed by atoms with Crippen LogP contribution in [0.15, 0.2) is 30.5 Å². The fourth-order valence-electron chi connectivity index (χ4n) is 3.78. The molecule has 0 atom stereocenters. The van der Waals surface area contributed by atoms with Crippen LogP contribution in [-0.4, -0.2) is 24.5 Å². The molecule has 5 nitrogen and oxygen atoms in total. The standard InChI is InChI=1S/C18H17N5.ClH/c1-3-23-18-13(10-19-23)17-15-14(20-18)9-8-11-6-4-5-7-12(11)16(15)21-22(17)2;/h4-7,10H,3,8-9H2,1-2H3;1H. The Morgan fingerprint density at radius 2 is 2.00 bits per heavy atom. The number of hydrogen-bond donors (Lipinski definition) is 0. The van der Waals surface area contributed by atoms with Crippen LogP contribution in [0, 0.1) is 0 Å². The highest BCUT2D eigenvalue weighted by Gasteiger charge is 2.24. The lowest BCUT2D eigenvalue weighted by Crippen LogP contribution is -2.01. The van der Waals surface area contributed by atoms with E-state index < -0.39 is 0 Å². The molecule has 0 saturated carbocycles. The Balaban J connectivity index is 0.00000146. The molecule has 3 heterocycles. The van der Waals surface area contributed by atoms with Crippen molar-refractivity contribution >= 4 is 34.3 Å². The molecule has 0 saturated heterocycles. The highest BCUT2D eigenvalue weighted by atomic mass is 35.5. The number of benzene rings is 1. The first kappa shape index (κ1) is 15.1. The lowest BCUT2D eigenvalue weighted by molar-refractivity contribution is 0.675. The lowest BCUT2D eigenvalue weighted by atomic mass is 10.0. The summed E-state index contributed by atoms with van der Waals surface area (Å²) >= 11 is 0. The van der Waals surface area contributed by atoms with Crippen molar-refractivity contribution in [2.24, 2.45) is 7.05 Å². The molecular weight excluding hydrogens is 322 g/mol. The minimum Gasteiger partial charge on any atom is -0.266 e. The normalized spacial score (nSPS) is 12.9. The number of hydrogen-bond acceptors (Lipinski definition) is 3. The molecule has 0 bridgehead atoms. The van der Waals surface area contributed by atoms with Gasteiger partial charge in [-0.25, -0.2) is 9.67 Å². The molecule has 122 valence electrons. The summed E-state index contributed by atoms with van der Waals surface area (Å²) in [5.74, 6) is 0. The molecule has 5 rings (SSSR count). The van der Waals surface area contributed by atoms with Crippen LogP contribution in [0.4, 0.5) is 0 Å². The molecule has 0 aliphatic heterocycles. The van der Waals surface area contributed by atoms with E-state index in [0.29, 0.717) is 0 Å². The van der Waals surface area contributed by atoms with Gasteiger partial charge in [0.2, 0.25) is 0 Å². The van der Waals surface area contributed by atoms with Crippen LogP contribution in [0.2, 0.25) is 0 Å². The Labute approximate surface area is 145 Å². The van der Waals surface area contributed by atoms with Gasteiger partial charge in [-0.05, 0) is 25.3 Å². The Bertz CT molecular complexity index is 1080. The van der Waals surface area contributed by atoms with E-state index in [9.17, 15) is 0 Å². The Hall–Kier alpha value is -2.40. The average molecular weight is 340 g/mol. The van der Waals surface area contributed by atoms with Gasteiger partial charge >= 0.3 is 0 Å². The highest BCUT2D eigenvalue weighted by Crippen LogP contribution is 2.38. The lowest BCUT2D eigenvalue weighted by Gasteiger charge is -2.05. The molecule has 6 heteroatoms. The first-order valence-corrected chi connectivity index (χ1v) is 8.07. The smallest absolute Gasteiger partial charge is 0.160 e. The SMILES string of the molecule is CCn1ncc2c3c4c(nc21)CCc1ccccc1-c4nn3C.Cl. The van der Waals surface area contributed by atoms with Crippen molar-refractivity contribution in [2.45, 2.75) is 26.3 Å². The summed E-state index contributed by atoms with van der Waals surface area (Å²) in [7, 11) is 2.02. The molecule has 0 spiro atoms. The molecule has 0 radical (unpaired) electrons. The predicted octanol–water partition coefficient (Wildman–Crippen LogP) is 3.53. The molecule has 1 aliphatic carbocycles. The molecule has 1 aliphatic rings. The summed E-state index contributed by atoms with van der Waals surface area (Å²) in [6, 6.07) is 8.57. The van der Waals surface area contributed by atoms with E-state index in [1.54, 1.807) is 0 Å². The molecular formula is C18H18ClN5. The topological polar surface area (TPSA) is 48.5 Å². The summed E-state index contributed by atoms with van der Waals surface area (Å²) in [5, 5.41) is 11.6. The third kappa shape index (κ3) is 1.85. The number of aromatic nitrogens is 5. The number of rotatable bonds is 1. The van der Waals surface area contributed by atoms with Crippen LogP contribution in [0.1, 0.15) is 18.2 Å². The van der Waals surface area contributed by atoms with Gasteiger partial charge in [0, 0.05) is 19.2 Å².